The number of carbonyl (C=O) groups excluding carboxylic acids is 1. The summed E-state index contributed by atoms with van der Waals surface area (Å²) in [4.78, 5) is 13.3. The maximum Gasteiger partial charge on any atom is 0.319 e. The number of hydrogen-bond acceptors (Lipinski definition) is 2. The molecule has 0 aliphatic rings. The predicted octanol–water partition coefficient (Wildman–Crippen LogP) is 4.68. The summed E-state index contributed by atoms with van der Waals surface area (Å²) in [6.45, 7) is 9.02. The van der Waals surface area contributed by atoms with Crippen LogP contribution in [0.2, 0.25) is 0 Å². The summed E-state index contributed by atoms with van der Waals surface area (Å²) in [6.07, 6.45) is 0. The van der Waals surface area contributed by atoms with Crippen LogP contribution in [0.5, 0.6) is 0 Å². The average molecular weight is 302 g/mol. The number of nitrogens with one attached hydrogen (secondary N) is 2. The Balaban J connectivity index is 2.10. The Morgan fingerprint density at radius 2 is 1.95 bits per heavy atom. The van der Waals surface area contributed by atoms with E-state index in [0.29, 0.717) is 6.54 Å². The third kappa shape index (κ3) is 4.08. The smallest absolute Gasteiger partial charge is 0.319 e. The Morgan fingerprint density at radius 3 is 2.57 bits per heavy atom. The number of amides is 2. The monoisotopic (exact) mass is 302 g/mol. The topological polar surface area (TPSA) is 41.1 Å². The van der Waals surface area contributed by atoms with Crippen molar-refractivity contribution in [3.8, 4) is 0 Å². The lowest BCUT2D eigenvalue weighted by Gasteiger charge is -2.24. The van der Waals surface area contributed by atoms with Crippen molar-refractivity contribution in [2.45, 2.75) is 39.7 Å². The first-order valence-corrected chi connectivity index (χ1v) is 7.93. The minimum absolute atomic E-state index is 0.0115. The van der Waals surface area contributed by atoms with Gasteiger partial charge < -0.3 is 10.6 Å². The standard InChI is InChI=1S/C17H22N2OS/c1-12-7-5-9-14(17(2,3)4)15(12)19-16(20)18-11-13-8-6-10-21-13/h5-10H,11H2,1-4H3,(H2,18,19,20). The molecule has 0 radical (unpaired) electrons. The van der Waals surface area contributed by atoms with E-state index in [1.54, 1.807) is 11.3 Å². The summed E-state index contributed by atoms with van der Waals surface area (Å²) < 4.78 is 0. The lowest BCUT2D eigenvalue weighted by atomic mass is 9.84. The highest BCUT2D eigenvalue weighted by molar-refractivity contribution is 7.09. The molecule has 2 N–H and O–H groups in total. The second-order valence-corrected chi connectivity index (χ2v) is 7.17. The summed E-state index contributed by atoms with van der Waals surface area (Å²) in [5.74, 6) is 0. The number of benzene rings is 1. The zero-order valence-corrected chi connectivity index (χ0v) is 13.8. The lowest BCUT2D eigenvalue weighted by Crippen LogP contribution is -2.29. The van der Waals surface area contributed by atoms with Crippen molar-refractivity contribution in [2.24, 2.45) is 0 Å². The van der Waals surface area contributed by atoms with Crippen LogP contribution >= 0.6 is 11.3 Å². The highest BCUT2D eigenvalue weighted by Crippen LogP contribution is 2.31. The van der Waals surface area contributed by atoms with E-state index in [9.17, 15) is 4.79 Å². The molecule has 0 unspecified atom stereocenters. The fraction of sp³-hybridized carbons (Fsp3) is 0.353. The molecule has 1 heterocycles. The predicted molar refractivity (Wildman–Crippen MR) is 90.1 cm³/mol. The van der Waals surface area contributed by atoms with Crippen LogP contribution in [-0.4, -0.2) is 6.03 Å². The molecule has 0 fully saturated rings. The number of urea groups is 1. The molecule has 0 aliphatic heterocycles. The first-order chi connectivity index (χ1) is 9.88. The number of anilines is 1. The van der Waals surface area contributed by atoms with E-state index in [2.05, 4.69) is 37.5 Å². The number of aryl methyl sites for hydroxylation is 1. The van der Waals surface area contributed by atoms with Crippen molar-refractivity contribution in [2.75, 3.05) is 5.32 Å². The fourth-order valence-electron chi connectivity index (χ4n) is 2.20. The zero-order chi connectivity index (χ0) is 15.5. The maximum atomic E-state index is 12.1. The van der Waals surface area contributed by atoms with Gasteiger partial charge in [-0.2, -0.15) is 0 Å². The van der Waals surface area contributed by atoms with Gasteiger partial charge in [-0.25, -0.2) is 4.79 Å². The number of carbonyl (C=O) groups is 1. The van der Waals surface area contributed by atoms with Gasteiger partial charge in [-0.05, 0) is 34.9 Å². The van der Waals surface area contributed by atoms with Crippen molar-refractivity contribution < 1.29 is 4.79 Å². The number of hydrogen-bond donors (Lipinski definition) is 2. The summed E-state index contributed by atoms with van der Waals surface area (Å²) >= 11 is 1.64. The highest BCUT2D eigenvalue weighted by atomic mass is 32.1. The van der Waals surface area contributed by atoms with Crippen LogP contribution in [0.25, 0.3) is 0 Å². The number of rotatable bonds is 3. The van der Waals surface area contributed by atoms with E-state index < -0.39 is 0 Å². The molecule has 2 aromatic rings. The SMILES string of the molecule is Cc1cccc(C(C)(C)C)c1NC(=O)NCc1cccs1. The largest absolute Gasteiger partial charge is 0.333 e. The molecular weight excluding hydrogens is 280 g/mol. The number of para-hydroxylation sites is 1. The molecule has 112 valence electrons. The van der Waals surface area contributed by atoms with Crippen LogP contribution in [-0.2, 0) is 12.0 Å². The molecule has 2 amide bonds. The quantitative estimate of drug-likeness (QED) is 0.849. The summed E-state index contributed by atoms with van der Waals surface area (Å²) in [5.41, 5.74) is 3.12. The van der Waals surface area contributed by atoms with Gasteiger partial charge in [0.2, 0.25) is 0 Å². The van der Waals surface area contributed by atoms with Crippen LogP contribution in [0.15, 0.2) is 35.7 Å². The third-order valence-electron chi connectivity index (χ3n) is 3.32. The first kappa shape index (κ1) is 15.6. The molecule has 3 nitrogen and oxygen atoms in total. The Hall–Kier alpha value is -1.81. The van der Waals surface area contributed by atoms with E-state index in [-0.39, 0.29) is 11.4 Å². The lowest BCUT2D eigenvalue weighted by molar-refractivity contribution is 0.252. The molecular formula is C17H22N2OS. The van der Waals surface area contributed by atoms with Crippen molar-refractivity contribution in [1.29, 1.82) is 0 Å². The van der Waals surface area contributed by atoms with E-state index in [0.717, 1.165) is 21.7 Å². The molecule has 21 heavy (non-hydrogen) atoms. The van der Waals surface area contributed by atoms with E-state index in [1.807, 2.05) is 36.6 Å². The summed E-state index contributed by atoms with van der Waals surface area (Å²) in [5, 5.41) is 7.91. The van der Waals surface area contributed by atoms with Gasteiger partial charge in [0.15, 0.2) is 0 Å². The molecule has 0 saturated heterocycles. The minimum Gasteiger partial charge on any atom is -0.333 e. The molecule has 0 atom stereocenters. The second-order valence-electron chi connectivity index (χ2n) is 6.13. The summed E-state index contributed by atoms with van der Waals surface area (Å²) in [6, 6.07) is 9.96. The van der Waals surface area contributed by atoms with Crippen LogP contribution in [0.4, 0.5) is 10.5 Å². The normalized spacial score (nSPS) is 11.2. The Kier molecular flexibility index (Phi) is 4.68. The van der Waals surface area contributed by atoms with Gasteiger partial charge in [0, 0.05) is 10.6 Å². The number of thiophene rings is 1. The molecule has 0 aliphatic carbocycles. The van der Waals surface area contributed by atoms with Crippen LogP contribution < -0.4 is 10.6 Å². The van der Waals surface area contributed by atoms with Gasteiger partial charge in [0.25, 0.3) is 0 Å². The molecule has 1 aromatic carbocycles. The minimum atomic E-state index is -0.164. The van der Waals surface area contributed by atoms with Crippen LogP contribution in [0.1, 0.15) is 36.8 Å². The van der Waals surface area contributed by atoms with Crippen LogP contribution in [0.3, 0.4) is 0 Å². The van der Waals surface area contributed by atoms with Crippen molar-refractivity contribution in [3.63, 3.8) is 0 Å². The van der Waals surface area contributed by atoms with Crippen molar-refractivity contribution in [1.82, 2.24) is 5.32 Å². The van der Waals surface area contributed by atoms with Crippen molar-refractivity contribution in [3.05, 3.63) is 51.7 Å². The molecule has 1 aromatic heterocycles. The third-order valence-corrected chi connectivity index (χ3v) is 4.20. The molecule has 0 bridgehead atoms. The van der Waals surface area contributed by atoms with Crippen molar-refractivity contribution >= 4 is 23.1 Å². The van der Waals surface area contributed by atoms with Gasteiger partial charge in [-0.3, -0.25) is 0 Å². The van der Waals surface area contributed by atoms with Gasteiger partial charge in [-0.1, -0.05) is 45.0 Å². The van der Waals surface area contributed by atoms with Gasteiger partial charge in [0.05, 0.1) is 6.54 Å². The molecule has 4 heteroatoms. The molecule has 0 saturated carbocycles. The Labute approximate surface area is 130 Å². The molecule has 0 spiro atoms. The Morgan fingerprint density at radius 1 is 1.19 bits per heavy atom. The zero-order valence-electron chi connectivity index (χ0n) is 13.0. The first-order valence-electron chi connectivity index (χ1n) is 7.05. The summed E-state index contributed by atoms with van der Waals surface area (Å²) in [7, 11) is 0. The average Bonchev–Trinajstić information content (AvgIpc) is 2.90. The van der Waals surface area contributed by atoms with Gasteiger partial charge in [0.1, 0.15) is 0 Å². The fourth-order valence-corrected chi connectivity index (χ4v) is 2.84. The van der Waals surface area contributed by atoms with Gasteiger partial charge >= 0.3 is 6.03 Å². The highest BCUT2D eigenvalue weighted by Gasteiger charge is 2.20. The second kappa shape index (κ2) is 6.31. The van der Waals surface area contributed by atoms with Crippen LogP contribution in [0, 0.1) is 6.92 Å². The van der Waals surface area contributed by atoms with Gasteiger partial charge in [-0.15, -0.1) is 11.3 Å². The van der Waals surface area contributed by atoms with E-state index >= 15 is 0 Å². The maximum absolute atomic E-state index is 12.1. The molecule has 2 rings (SSSR count). The van der Waals surface area contributed by atoms with E-state index in [4.69, 9.17) is 0 Å². The Bertz CT molecular complexity index is 612. The van der Waals surface area contributed by atoms with E-state index in [1.165, 1.54) is 0 Å².